The fourth-order valence-corrected chi connectivity index (χ4v) is 3.83. The van der Waals surface area contributed by atoms with E-state index in [9.17, 15) is 13.2 Å². The van der Waals surface area contributed by atoms with E-state index in [2.05, 4.69) is 26.0 Å². The SMILES string of the molecule is CCCS(=O)(=O)Nc1cccc(NC(=O)C(C)Oc2ccc(Br)cc2)c1C. The van der Waals surface area contributed by atoms with Crippen LogP contribution in [0.1, 0.15) is 25.8 Å². The van der Waals surface area contributed by atoms with Gasteiger partial charge in [-0.25, -0.2) is 8.42 Å². The minimum absolute atomic E-state index is 0.0427. The van der Waals surface area contributed by atoms with Crippen LogP contribution in [-0.4, -0.2) is 26.2 Å². The molecule has 1 amide bonds. The van der Waals surface area contributed by atoms with Crippen LogP contribution in [0, 0.1) is 6.92 Å². The van der Waals surface area contributed by atoms with Gasteiger partial charge in [-0.1, -0.05) is 28.9 Å². The van der Waals surface area contributed by atoms with Crippen LogP contribution in [0.5, 0.6) is 5.75 Å². The predicted molar refractivity (Wildman–Crippen MR) is 112 cm³/mol. The molecule has 8 heteroatoms. The second-order valence-electron chi connectivity index (χ2n) is 6.10. The molecule has 2 rings (SSSR count). The number of carbonyl (C=O) groups excluding carboxylic acids is 1. The smallest absolute Gasteiger partial charge is 0.265 e. The van der Waals surface area contributed by atoms with E-state index in [1.807, 2.05) is 12.1 Å². The lowest BCUT2D eigenvalue weighted by Crippen LogP contribution is -2.30. The summed E-state index contributed by atoms with van der Waals surface area (Å²) in [7, 11) is -3.40. The molecule has 0 radical (unpaired) electrons. The van der Waals surface area contributed by atoms with Crippen molar-refractivity contribution < 1.29 is 17.9 Å². The standard InChI is InChI=1S/C19H23BrN2O4S/c1-4-12-27(24,25)22-18-7-5-6-17(13(18)2)21-19(23)14(3)26-16-10-8-15(20)9-11-16/h5-11,14,22H,4,12H2,1-3H3,(H,21,23). The van der Waals surface area contributed by atoms with E-state index in [0.717, 1.165) is 4.47 Å². The van der Waals surface area contributed by atoms with Crippen LogP contribution in [0.2, 0.25) is 0 Å². The van der Waals surface area contributed by atoms with Crippen LogP contribution >= 0.6 is 15.9 Å². The number of hydrogen-bond acceptors (Lipinski definition) is 4. The van der Waals surface area contributed by atoms with Crippen LogP contribution in [0.3, 0.4) is 0 Å². The van der Waals surface area contributed by atoms with Gasteiger partial charge in [0.1, 0.15) is 5.75 Å². The summed E-state index contributed by atoms with van der Waals surface area (Å²) in [5, 5.41) is 2.79. The molecule has 0 saturated heterocycles. The number of rotatable bonds is 8. The van der Waals surface area contributed by atoms with E-state index in [4.69, 9.17) is 4.74 Å². The topological polar surface area (TPSA) is 84.5 Å². The van der Waals surface area contributed by atoms with Gasteiger partial charge in [-0.2, -0.15) is 0 Å². The lowest BCUT2D eigenvalue weighted by atomic mass is 10.1. The number of benzene rings is 2. The molecule has 0 aliphatic rings. The van der Waals surface area contributed by atoms with Crippen molar-refractivity contribution in [3.05, 3.63) is 52.5 Å². The first-order chi connectivity index (χ1) is 12.7. The Kier molecular flexibility index (Phi) is 7.26. The third-order valence-corrected chi connectivity index (χ3v) is 5.83. The first-order valence-corrected chi connectivity index (χ1v) is 11.0. The number of anilines is 2. The number of hydrogen-bond donors (Lipinski definition) is 2. The number of halogens is 1. The van der Waals surface area contributed by atoms with Crippen molar-refractivity contribution in [3.8, 4) is 5.75 Å². The Morgan fingerprint density at radius 3 is 2.41 bits per heavy atom. The monoisotopic (exact) mass is 454 g/mol. The third kappa shape index (κ3) is 6.25. The van der Waals surface area contributed by atoms with Gasteiger partial charge in [-0.05, 0) is 62.2 Å². The highest BCUT2D eigenvalue weighted by atomic mass is 79.9. The Labute approximate surface area is 168 Å². The summed E-state index contributed by atoms with van der Waals surface area (Å²) < 4.78 is 33.1. The minimum Gasteiger partial charge on any atom is -0.481 e. The molecule has 0 aromatic heterocycles. The van der Waals surface area contributed by atoms with Gasteiger partial charge in [0.25, 0.3) is 5.91 Å². The van der Waals surface area contributed by atoms with Crippen LogP contribution < -0.4 is 14.8 Å². The Morgan fingerprint density at radius 1 is 1.15 bits per heavy atom. The van der Waals surface area contributed by atoms with Gasteiger partial charge in [0.15, 0.2) is 6.10 Å². The number of amides is 1. The highest BCUT2D eigenvalue weighted by Crippen LogP contribution is 2.25. The van der Waals surface area contributed by atoms with Crippen LogP contribution in [0.25, 0.3) is 0 Å². The van der Waals surface area contributed by atoms with Gasteiger partial charge in [0.2, 0.25) is 10.0 Å². The molecule has 0 heterocycles. The van der Waals surface area contributed by atoms with Gasteiger partial charge in [0, 0.05) is 10.2 Å². The molecule has 6 nitrogen and oxygen atoms in total. The Hall–Kier alpha value is -2.06. The van der Waals surface area contributed by atoms with Crippen molar-refractivity contribution in [1.29, 1.82) is 0 Å². The van der Waals surface area contributed by atoms with Crippen LogP contribution in [-0.2, 0) is 14.8 Å². The van der Waals surface area contributed by atoms with E-state index < -0.39 is 16.1 Å². The van der Waals surface area contributed by atoms with Gasteiger partial charge < -0.3 is 10.1 Å². The molecule has 2 aromatic rings. The molecule has 0 spiro atoms. The minimum atomic E-state index is -3.40. The van der Waals surface area contributed by atoms with E-state index in [1.165, 1.54) is 0 Å². The molecular weight excluding hydrogens is 432 g/mol. The number of sulfonamides is 1. The fraction of sp³-hybridized carbons (Fsp3) is 0.316. The maximum atomic E-state index is 12.5. The van der Waals surface area contributed by atoms with Crippen molar-refractivity contribution in [2.45, 2.75) is 33.3 Å². The first-order valence-electron chi connectivity index (χ1n) is 8.55. The second-order valence-corrected chi connectivity index (χ2v) is 8.86. The van der Waals surface area contributed by atoms with Crippen molar-refractivity contribution in [2.24, 2.45) is 0 Å². The molecule has 1 unspecified atom stereocenters. The largest absolute Gasteiger partial charge is 0.481 e. The lowest BCUT2D eigenvalue weighted by molar-refractivity contribution is -0.122. The molecule has 0 fully saturated rings. The Bertz CT molecular complexity index is 898. The second kappa shape index (κ2) is 9.23. The highest BCUT2D eigenvalue weighted by molar-refractivity contribution is 9.10. The summed E-state index contributed by atoms with van der Waals surface area (Å²) in [5.74, 6) is 0.300. The van der Waals surface area contributed by atoms with E-state index >= 15 is 0 Å². The average molecular weight is 455 g/mol. The summed E-state index contributed by atoms with van der Waals surface area (Å²) in [6.07, 6.45) is -0.193. The quantitative estimate of drug-likeness (QED) is 0.621. The van der Waals surface area contributed by atoms with Crippen molar-refractivity contribution in [1.82, 2.24) is 0 Å². The molecule has 0 saturated carbocycles. The maximum absolute atomic E-state index is 12.5. The molecule has 0 bridgehead atoms. The van der Waals surface area contributed by atoms with E-state index in [1.54, 1.807) is 51.1 Å². The predicted octanol–water partition coefficient (Wildman–Crippen LogP) is 4.32. The average Bonchev–Trinajstić information content (AvgIpc) is 2.60. The van der Waals surface area contributed by atoms with Gasteiger partial charge in [0.05, 0.1) is 11.4 Å². The van der Waals surface area contributed by atoms with E-state index in [-0.39, 0.29) is 11.7 Å². The molecule has 0 aliphatic heterocycles. The molecule has 2 aromatic carbocycles. The van der Waals surface area contributed by atoms with Gasteiger partial charge in [-0.3, -0.25) is 9.52 Å². The van der Waals surface area contributed by atoms with Gasteiger partial charge in [-0.15, -0.1) is 0 Å². The molecule has 0 aliphatic carbocycles. The number of ether oxygens (including phenoxy) is 1. The summed E-state index contributed by atoms with van der Waals surface area (Å²) in [6.45, 7) is 5.20. The molecule has 1 atom stereocenters. The lowest BCUT2D eigenvalue weighted by Gasteiger charge is -2.17. The summed E-state index contributed by atoms with van der Waals surface area (Å²) in [5.41, 5.74) is 1.62. The van der Waals surface area contributed by atoms with Crippen LogP contribution in [0.4, 0.5) is 11.4 Å². The summed E-state index contributed by atoms with van der Waals surface area (Å²) in [4.78, 5) is 12.5. The van der Waals surface area contributed by atoms with Crippen LogP contribution in [0.15, 0.2) is 46.9 Å². The summed E-state index contributed by atoms with van der Waals surface area (Å²) >= 11 is 3.35. The van der Waals surface area contributed by atoms with Crippen molar-refractivity contribution in [3.63, 3.8) is 0 Å². The fourth-order valence-electron chi connectivity index (χ4n) is 2.37. The molecule has 146 valence electrons. The zero-order chi connectivity index (χ0) is 20.0. The summed E-state index contributed by atoms with van der Waals surface area (Å²) in [6, 6.07) is 12.3. The number of nitrogens with one attached hydrogen (secondary N) is 2. The first kappa shape index (κ1) is 21.2. The van der Waals surface area contributed by atoms with Crippen molar-refractivity contribution in [2.75, 3.05) is 15.8 Å². The highest BCUT2D eigenvalue weighted by Gasteiger charge is 2.17. The zero-order valence-corrected chi connectivity index (χ0v) is 17.9. The Morgan fingerprint density at radius 2 is 1.78 bits per heavy atom. The maximum Gasteiger partial charge on any atom is 0.265 e. The Balaban J connectivity index is 2.08. The number of carbonyl (C=O) groups is 1. The zero-order valence-electron chi connectivity index (χ0n) is 15.5. The van der Waals surface area contributed by atoms with Gasteiger partial charge >= 0.3 is 0 Å². The van der Waals surface area contributed by atoms with Crippen molar-refractivity contribution >= 4 is 43.2 Å². The normalized spacial score (nSPS) is 12.3. The molecule has 27 heavy (non-hydrogen) atoms. The van der Waals surface area contributed by atoms with E-state index in [0.29, 0.717) is 29.1 Å². The molecule has 2 N–H and O–H groups in total. The third-order valence-electron chi connectivity index (χ3n) is 3.83. The molecular formula is C19H23BrN2O4S.